The topological polar surface area (TPSA) is 94.0 Å². The fourth-order valence-corrected chi connectivity index (χ4v) is 1.52. The van der Waals surface area contributed by atoms with Crippen LogP contribution < -0.4 is 11.1 Å². The molecule has 0 bridgehead atoms. The number of nitrogens with two attached hydrogens (primary N) is 1. The van der Waals surface area contributed by atoms with Crippen LogP contribution in [0, 0.1) is 0 Å². The third-order valence-corrected chi connectivity index (χ3v) is 2.71. The van der Waals surface area contributed by atoms with E-state index in [1.54, 1.807) is 0 Å². The Labute approximate surface area is 85.6 Å². The van der Waals surface area contributed by atoms with Gasteiger partial charge in [0.1, 0.15) is 5.82 Å². The predicted octanol–water partition coefficient (Wildman–Crippen LogP) is -0.578. The van der Waals surface area contributed by atoms with E-state index in [1.807, 2.05) is 12.1 Å². The standard InChI is InChI=1S/C8H11N7/c9-5-8(3-4-8)10-6-1-2-7-11-13-14-15(7)12-6/h1-2H,3-5,9H2,(H,10,12). The predicted molar refractivity (Wildman–Crippen MR) is 53.2 cm³/mol. The molecule has 0 radical (unpaired) electrons. The molecule has 7 nitrogen and oxygen atoms in total. The molecule has 15 heavy (non-hydrogen) atoms. The van der Waals surface area contributed by atoms with E-state index in [2.05, 4.69) is 25.9 Å². The number of tetrazole rings is 1. The Hall–Kier alpha value is -1.76. The minimum absolute atomic E-state index is 0.0503. The normalized spacial score (nSPS) is 17.9. The zero-order valence-corrected chi connectivity index (χ0v) is 8.09. The fraction of sp³-hybridized carbons (Fsp3) is 0.500. The summed E-state index contributed by atoms with van der Waals surface area (Å²) in [7, 11) is 0. The lowest BCUT2D eigenvalue weighted by Crippen LogP contribution is -2.31. The van der Waals surface area contributed by atoms with E-state index in [0.717, 1.165) is 18.7 Å². The zero-order chi connectivity index (χ0) is 10.3. The molecule has 1 fully saturated rings. The summed E-state index contributed by atoms with van der Waals surface area (Å²) in [6, 6.07) is 3.68. The number of fused-ring (bicyclic) bond motifs is 1. The molecule has 3 N–H and O–H groups in total. The van der Waals surface area contributed by atoms with Crippen LogP contribution in [-0.4, -0.2) is 37.3 Å². The van der Waals surface area contributed by atoms with Gasteiger partial charge < -0.3 is 11.1 Å². The van der Waals surface area contributed by atoms with Crippen LogP contribution in [0.25, 0.3) is 5.65 Å². The Morgan fingerprint density at radius 3 is 3.07 bits per heavy atom. The number of anilines is 1. The van der Waals surface area contributed by atoms with Crippen LogP contribution >= 0.6 is 0 Å². The molecule has 0 aliphatic heterocycles. The number of hydrogen-bond acceptors (Lipinski definition) is 6. The van der Waals surface area contributed by atoms with Crippen molar-refractivity contribution in [2.45, 2.75) is 18.4 Å². The molecular weight excluding hydrogens is 194 g/mol. The smallest absolute Gasteiger partial charge is 0.200 e. The third kappa shape index (κ3) is 1.40. The molecule has 2 aromatic heterocycles. The van der Waals surface area contributed by atoms with Crippen LogP contribution in [0.5, 0.6) is 0 Å². The fourth-order valence-electron chi connectivity index (χ4n) is 1.52. The van der Waals surface area contributed by atoms with E-state index >= 15 is 0 Å². The van der Waals surface area contributed by atoms with Gasteiger partial charge in [0, 0.05) is 6.54 Å². The second kappa shape index (κ2) is 2.86. The Kier molecular flexibility index (Phi) is 1.63. The monoisotopic (exact) mass is 205 g/mol. The molecule has 0 saturated heterocycles. The Morgan fingerprint density at radius 1 is 1.47 bits per heavy atom. The van der Waals surface area contributed by atoms with E-state index < -0.39 is 0 Å². The first-order valence-corrected chi connectivity index (χ1v) is 4.85. The van der Waals surface area contributed by atoms with Crippen LogP contribution in [-0.2, 0) is 0 Å². The summed E-state index contributed by atoms with van der Waals surface area (Å²) in [6.07, 6.45) is 2.19. The van der Waals surface area contributed by atoms with Gasteiger partial charge in [-0.1, -0.05) is 0 Å². The maximum Gasteiger partial charge on any atom is 0.200 e. The van der Waals surface area contributed by atoms with Crippen molar-refractivity contribution in [2.24, 2.45) is 5.73 Å². The average Bonchev–Trinajstić information content (AvgIpc) is 2.88. The average molecular weight is 205 g/mol. The van der Waals surface area contributed by atoms with Gasteiger partial charge in [0.05, 0.1) is 5.54 Å². The molecule has 1 aliphatic rings. The van der Waals surface area contributed by atoms with Gasteiger partial charge in [-0.05, 0) is 35.4 Å². The van der Waals surface area contributed by atoms with E-state index in [-0.39, 0.29) is 5.54 Å². The van der Waals surface area contributed by atoms with E-state index in [4.69, 9.17) is 5.73 Å². The van der Waals surface area contributed by atoms with Gasteiger partial charge in [-0.2, -0.15) is 0 Å². The quantitative estimate of drug-likeness (QED) is 0.696. The molecule has 2 heterocycles. The molecule has 3 rings (SSSR count). The van der Waals surface area contributed by atoms with Crippen LogP contribution in [0.3, 0.4) is 0 Å². The highest BCUT2D eigenvalue weighted by molar-refractivity contribution is 5.45. The third-order valence-electron chi connectivity index (χ3n) is 2.71. The SMILES string of the molecule is NCC1(Nc2ccc3nnnn3n2)CC1. The summed E-state index contributed by atoms with van der Waals surface area (Å²) < 4.78 is 1.40. The lowest BCUT2D eigenvalue weighted by Gasteiger charge is -2.14. The Balaban J connectivity index is 1.91. The summed E-state index contributed by atoms with van der Waals surface area (Å²) in [4.78, 5) is 0. The summed E-state index contributed by atoms with van der Waals surface area (Å²) in [5, 5.41) is 18.6. The van der Waals surface area contributed by atoms with Crippen molar-refractivity contribution in [3.05, 3.63) is 12.1 Å². The Morgan fingerprint density at radius 2 is 2.33 bits per heavy atom. The van der Waals surface area contributed by atoms with E-state index in [1.165, 1.54) is 4.63 Å². The number of nitrogens with zero attached hydrogens (tertiary/aromatic N) is 5. The number of aromatic nitrogens is 5. The summed E-state index contributed by atoms with van der Waals surface area (Å²) in [6.45, 7) is 0.627. The van der Waals surface area contributed by atoms with Gasteiger partial charge >= 0.3 is 0 Å². The number of rotatable bonds is 3. The molecule has 0 spiro atoms. The first-order valence-electron chi connectivity index (χ1n) is 4.85. The van der Waals surface area contributed by atoms with Crippen molar-refractivity contribution in [2.75, 3.05) is 11.9 Å². The molecule has 7 heteroatoms. The van der Waals surface area contributed by atoms with Gasteiger partial charge in [-0.25, -0.2) is 0 Å². The van der Waals surface area contributed by atoms with Crippen LogP contribution in [0.4, 0.5) is 5.82 Å². The van der Waals surface area contributed by atoms with Gasteiger partial charge in [0.15, 0.2) is 5.65 Å². The largest absolute Gasteiger partial charge is 0.362 e. The molecule has 1 aliphatic carbocycles. The summed E-state index contributed by atoms with van der Waals surface area (Å²) in [5.41, 5.74) is 6.36. The molecule has 0 aromatic carbocycles. The lowest BCUT2D eigenvalue weighted by atomic mass is 10.3. The molecule has 0 atom stereocenters. The minimum atomic E-state index is 0.0503. The van der Waals surface area contributed by atoms with Gasteiger partial charge in [-0.15, -0.1) is 14.8 Å². The van der Waals surface area contributed by atoms with Crippen molar-refractivity contribution < 1.29 is 0 Å². The van der Waals surface area contributed by atoms with Crippen molar-refractivity contribution in [3.63, 3.8) is 0 Å². The first kappa shape index (κ1) is 8.54. The van der Waals surface area contributed by atoms with Gasteiger partial charge in [0.2, 0.25) is 0 Å². The van der Waals surface area contributed by atoms with Crippen LogP contribution in [0.15, 0.2) is 12.1 Å². The van der Waals surface area contributed by atoms with Gasteiger partial charge in [0.25, 0.3) is 0 Å². The summed E-state index contributed by atoms with van der Waals surface area (Å²) >= 11 is 0. The van der Waals surface area contributed by atoms with Crippen molar-refractivity contribution in [1.29, 1.82) is 0 Å². The van der Waals surface area contributed by atoms with Crippen LogP contribution in [0.1, 0.15) is 12.8 Å². The molecule has 78 valence electrons. The highest BCUT2D eigenvalue weighted by Crippen LogP contribution is 2.37. The lowest BCUT2D eigenvalue weighted by molar-refractivity contribution is 0.703. The maximum atomic E-state index is 5.67. The van der Waals surface area contributed by atoms with E-state index in [9.17, 15) is 0 Å². The number of hydrogen-bond donors (Lipinski definition) is 2. The second-order valence-electron chi connectivity index (χ2n) is 3.85. The van der Waals surface area contributed by atoms with Crippen molar-refractivity contribution in [3.8, 4) is 0 Å². The molecule has 0 amide bonds. The second-order valence-corrected chi connectivity index (χ2v) is 3.85. The zero-order valence-electron chi connectivity index (χ0n) is 8.09. The molecule has 1 saturated carbocycles. The molecular formula is C8H11N7. The molecule has 2 aromatic rings. The van der Waals surface area contributed by atoms with Crippen molar-refractivity contribution >= 4 is 11.5 Å². The highest BCUT2D eigenvalue weighted by Gasteiger charge is 2.41. The maximum absolute atomic E-state index is 5.67. The minimum Gasteiger partial charge on any atom is -0.362 e. The van der Waals surface area contributed by atoms with E-state index in [0.29, 0.717) is 12.2 Å². The number of nitrogens with one attached hydrogen (secondary N) is 1. The Bertz CT molecular complexity index is 486. The van der Waals surface area contributed by atoms with Crippen molar-refractivity contribution in [1.82, 2.24) is 25.3 Å². The molecule has 0 unspecified atom stereocenters. The highest BCUT2D eigenvalue weighted by atomic mass is 15.6. The van der Waals surface area contributed by atoms with Gasteiger partial charge in [-0.3, -0.25) is 0 Å². The summed E-state index contributed by atoms with van der Waals surface area (Å²) in [5.74, 6) is 0.762. The first-order chi connectivity index (χ1) is 7.31. The van der Waals surface area contributed by atoms with Crippen LogP contribution in [0.2, 0.25) is 0 Å².